The van der Waals surface area contributed by atoms with Crippen molar-refractivity contribution in [1.82, 2.24) is 0 Å². The van der Waals surface area contributed by atoms with Crippen molar-refractivity contribution in [2.24, 2.45) is 0 Å². The van der Waals surface area contributed by atoms with Crippen LogP contribution < -0.4 is 15.8 Å². The van der Waals surface area contributed by atoms with Crippen LogP contribution in [0, 0.1) is 0 Å². The summed E-state index contributed by atoms with van der Waals surface area (Å²) < 4.78 is 43.1. The van der Waals surface area contributed by atoms with Crippen molar-refractivity contribution in [2.75, 3.05) is 24.7 Å². The highest BCUT2D eigenvalue weighted by molar-refractivity contribution is 9.10. The number of hydrogen-bond acceptors (Lipinski definition) is 3. The first-order chi connectivity index (χ1) is 8.32. The van der Waals surface area contributed by atoms with E-state index in [4.69, 9.17) is 10.5 Å². The lowest BCUT2D eigenvalue weighted by Crippen LogP contribution is -2.11. The zero-order valence-electron chi connectivity index (χ0n) is 9.99. The number of hydrogen-bond donors (Lipinski definition) is 2. The standard InChI is InChI=1S/C11H14BrF3N2O/c1-3-4-17-10-7(18-2)5-6(11(13,14)15)8(12)9(10)16/h5,17H,3-4,16H2,1-2H3. The fourth-order valence-electron chi connectivity index (χ4n) is 1.45. The van der Waals surface area contributed by atoms with Crippen LogP contribution in [0.1, 0.15) is 18.9 Å². The van der Waals surface area contributed by atoms with Gasteiger partial charge in [0.2, 0.25) is 0 Å². The molecule has 0 spiro atoms. The lowest BCUT2D eigenvalue weighted by Gasteiger charge is -2.18. The number of ether oxygens (including phenoxy) is 1. The molecule has 1 aromatic rings. The summed E-state index contributed by atoms with van der Waals surface area (Å²) in [7, 11) is 1.31. The topological polar surface area (TPSA) is 47.3 Å². The van der Waals surface area contributed by atoms with Crippen molar-refractivity contribution in [1.29, 1.82) is 0 Å². The molecule has 0 saturated heterocycles. The Morgan fingerprint density at radius 1 is 1.44 bits per heavy atom. The Balaban J connectivity index is 3.35. The van der Waals surface area contributed by atoms with Crippen LogP contribution in [0.5, 0.6) is 5.75 Å². The third-order valence-electron chi connectivity index (χ3n) is 2.34. The van der Waals surface area contributed by atoms with E-state index in [9.17, 15) is 13.2 Å². The third-order valence-corrected chi connectivity index (χ3v) is 3.20. The van der Waals surface area contributed by atoms with Gasteiger partial charge in [-0.2, -0.15) is 13.2 Å². The molecule has 1 aromatic carbocycles. The van der Waals surface area contributed by atoms with Crippen LogP contribution in [0.15, 0.2) is 10.5 Å². The first-order valence-electron chi connectivity index (χ1n) is 5.29. The van der Waals surface area contributed by atoms with Crippen LogP contribution >= 0.6 is 15.9 Å². The van der Waals surface area contributed by atoms with E-state index in [-0.39, 0.29) is 15.9 Å². The van der Waals surface area contributed by atoms with Gasteiger partial charge in [-0.25, -0.2) is 0 Å². The molecule has 0 aliphatic rings. The van der Waals surface area contributed by atoms with Crippen LogP contribution in [-0.4, -0.2) is 13.7 Å². The van der Waals surface area contributed by atoms with Gasteiger partial charge in [-0.3, -0.25) is 0 Å². The smallest absolute Gasteiger partial charge is 0.417 e. The van der Waals surface area contributed by atoms with E-state index in [1.54, 1.807) is 0 Å². The summed E-state index contributed by atoms with van der Waals surface area (Å²) in [6.07, 6.45) is -3.66. The number of nitrogens with one attached hydrogen (secondary N) is 1. The predicted octanol–water partition coefficient (Wildman–Crippen LogP) is 3.88. The number of methoxy groups -OCH3 is 1. The maximum Gasteiger partial charge on any atom is 0.417 e. The molecule has 0 bridgehead atoms. The zero-order valence-corrected chi connectivity index (χ0v) is 11.6. The minimum Gasteiger partial charge on any atom is -0.494 e. The molecule has 0 unspecified atom stereocenters. The number of alkyl halides is 3. The predicted molar refractivity (Wildman–Crippen MR) is 68.9 cm³/mol. The monoisotopic (exact) mass is 326 g/mol. The second-order valence-electron chi connectivity index (χ2n) is 3.65. The molecule has 0 fully saturated rings. The average molecular weight is 327 g/mol. The Kier molecular flexibility index (Phi) is 4.72. The first kappa shape index (κ1) is 14.9. The van der Waals surface area contributed by atoms with E-state index in [0.717, 1.165) is 12.5 Å². The van der Waals surface area contributed by atoms with Crippen molar-refractivity contribution >= 4 is 27.3 Å². The molecule has 0 heterocycles. The molecule has 0 aliphatic heterocycles. The molecular formula is C11H14BrF3N2O. The van der Waals surface area contributed by atoms with Crippen molar-refractivity contribution in [3.05, 3.63) is 16.1 Å². The lowest BCUT2D eigenvalue weighted by molar-refractivity contribution is -0.138. The number of nitrogens with two attached hydrogens (primary N) is 1. The Morgan fingerprint density at radius 2 is 2.06 bits per heavy atom. The van der Waals surface area contributed by atoms with E-state index < -0.39 is 11.7 Å². The van der Waals surface area contributed by atoms with Gasteiger partial charge >= 0.3 is 6.18 Å². The molecule has 3 N–H and O–H groups in total. The Bertz CT molecular complexity index is 435. The molecule has 7 heteroatoms. The molecule has 0 aliphatic carbocycles. The van der Waals surface area contributed by atoms with Gasteiger partial charge in [0, 0.05) is 6.54 Å². The number of halogens is 4. The number of rotatable bonds is 4. The maximum absolute atomic E-state index is 12.8. The summed E-state index contributed by atoms with van der Waals surface area (Å²) in [5, 5.41) is 2.95. The zero-order chi connectivity index (χ0) is 13.9. The van der Waals surface area contributed by atoms with Gasteiger partial charge in [-0.05, 0) is 28.4 Å². The van der Waals surface area contributed by atoms with Gasteiger partial charge in [-0.1, -0.05) is 6.92 Å². The van der Waals surface area contributed by atoms with Crippen LogP contribution in [0.25, 0.3) is 0 Å². The minimum atomic E-state index is -4.48. The Labute approximate surface area is 112 Å². The summed E-state index contributed by atoms with van der Waals surface area (Å²) in [6.45, 7) is 2.53. The molecule has 0 atom stereocenters. The summed E-state index contributed by atoms with van der Waals surface area (Å²) in [4.78, 5) is 0. The van der Waals surface area contributed by atoms with Gasteiger partial charge < -0.3 is 15.8 Å². The van der Waals surface area contributed by atoms with Crippen molar-refractivity contribution in [3.8, 4) is 5.75 Å². The van der Waals surface area contributed by atoms with E-state index in [2.05, 4.69) is 21.2 Å². The summed E-state index contributed by atoms with van der Waals surface area (Å²) >= 11 is 2.88. The summed E-state index contributed by atoms with van der Waals surface area (Å²) in [6, 6.07) is 0.929. The van der Waals surface area contributed by atoms with Crippen LogP contribution in [0.2, 0.25) is 0 Å². The second-order valence-corrected chi connectivity index (χ2v) is 4.45. The molecule has 3 nitrogen and oxygen atoms in total. The van der Waals surface area contributed by atoms with E-state index in [0.29, 0.717) is 12.2 Å². The third kappa shape index (κ3) is 3.01. The fourth-order valence-corrected chi connectivity index (χ4v) is 1.99. The quantitative estimate of drug-likeness (QED) is 0.825. The largest absolute Gasteiger partial charge is 0.494 e. The lowest BCUT2D eigenvalue weighted by atomic mass is 10.1. The van der Waals surface area contributed by atoms with E-state index in [1.807, 2.05) is 6.92 Å². The summed E-state index contributed by atoms with van der Waals surface area (Å²) in [5.41, 5.74) is 5.23. The van der Waals surface area contributed by atoms with Crippen LogP contribution in [-0.2, 0) is 6.18 Å². The first-order valence-corrected chi connectivity index (χ1v) is 6.09. The van der Waals surface area contributed by atoms with Crippen LogP contribution in [0.3, 0.4) is 0 Å². The molecule has 0 amide bonds. The SMILES string of the molecule is CCCNc1c(OC)cc(C(F)(F)F)c(Br)c1N. The highest BCUT2D eigenvalue weighted by atomic mass is 79.9. The minimum absolute atomic E-state index is 0.00451. The molecule has 0 aromatic heterocycles. The fraction of sp³-hybridized carbons (Fsp3) is 0.455. The highest BCUT2D eigenvalue weighted by Gasteiger charge is 2.35. The van der Waals surface area contributed by atoms with Gasteiger partial charge in [-0.15, -0.1) is 0 Å². The van der Waals surface area contributed by atoms with Crippen molar-refractivity contribution in [2.45, 2.75) is 19.5 Å². The number of anilines is 2. The van der Waals surface area contributed by atoms with E-state index >= 15 is 0 Å². The highest BCUT2D eigenvalue weighted by Crippen LogP contribution is 2.45. The van der Waals surface area contributed by atoms with E-state index in [1.165, 1.54) is 7.11 Å². The molecule has 102 valence electrons. The number of benzene rings is 1. The van der Waals surface area contributed by atoms with Crippen molar-refractivity contribution < 1.29 is 17.9 Å². The van der Waals surface area contributed by atoms with Crippen LogP contribution in [0.4, 0.5) is 24.5 Å². The molecule has 18 heavy (non-hydrogen) atoms. The Hall–Kier alpha value is -1.11. The van der Waals surface area contributed by atoms with Crippen molar-refractivity contribution in [3.63, 3.8) is 0 Å². The molecular weight excluding hydrogens is 313 g/mol. The van der Waals surface area contributed by atoms with Gasteiger partial charge in [0.05, 0.1) is 22.8 Å². The average Bonchev–Trinajstić information content (AvgIpc) is 2.29. The Morgan fingerprint density at radius 3 is 2.50 bits per heavy atom. The second kappa shape index (κ2) is 5.69. The van der Waals surface area contributed by atoms with Gasteiger partial charge in [0.25, 0.3) is 0 Å². The molecule has 0 saturated carbocycles. The normalized spacial score (nSPS) is 11.4. The number of nitrogen functional groups attached to an aromatic ring is 1. The maximum atomic E-state index is 12.8. The summed E-state index contributed by atoms with van der Waals surface area (Å²) in [5.74, 6) is 0.0801. The van der Waals surface area contributed by atoms with Gasteiger partial charge in [0.1, 0.15) is 11.4 Å². The molecule has 1 rings (SSSR count). The molecule has 0 radical (unpaired) electrons. The van der Waals surface area contributed by atoms with Gasteiger partial charge in [0.15, 0.2) is 0 Å².